The predicted molar refractivity (Wildman–Crippen MR) is 103 cm³/mol. The second-order valence-electron chi connectivity index (χ2n) is 6.49. The number of nitrogens with zero attached hydrogens (tertiary/aromatic N) is 3. The van der Waals surface area contributed by atoms with E-state index in [1.54, 1.807) is 18.3 Å². The van der Waals surface area contributed by atoms with Gasteiger partial charge in [0.15, 0.2) is 10.9 Å². The molecule has 3 heterocycles. The summed E-state index contributed by atoms with van der Waals surface area (Å²) < 4.78 is 13.4. The van der Waals surface area contributed by atoms with E-state index in [-0.39, 0.29) is 12.0 Å². The first-order valence-corrected chi connectivity index (χ1v) is 9.20. The number of ether oxygens (including phenoxy) is 2. The van der Waals surface area contributed by atoms with Crippen molar-refractivity contribution < 1.29 is 14.3 Å². The van der Waals surface area contributed by atoms with E-state index < -0.39 is 0 Å². The molecular formula is C20H20ClN3O3. The van der Waals surface area contributed by atoms with Crippen LogP contribution in [0.4, 0.5) is 0 Å². The number of amides is 1. The van der Waals surface area contributed by atoms with Gasteiger partial charge in [0.2, 0.25) is 0 Å². The van der Waals surface area contributed by atoms with E-state index in [0.717, 1.165) is 10.9 Å². The molecule has 1 fully saturated rings. The number of morpholine rings is 1. The largest absolute Gasteiger partial charge is 0.488 e. The van der Waals surface area contributed by atoms with E-state index in [1.807, 2.05) is 46.8 Å². The first-order valence-electron chi connectivity index (χ1n) is 8.82. The number of para-hydroxylation sites is 1. The quantitative estimate of drug-likeness (QED) is 0.647. The molecule has 1 atom stereocenters. The van der Waals surface area contributed by atoms with Gasteiger partial charge in [0.05, 0.1) is 13.2 Å². The minimum atomic E-state index is -0.214. The fraction of sp³-hybridized carbons (Fsp3) is 0.300. The van der Waals surface area contributed by atoms with Crippen molar-refractivity contribution in [3.05, 3.63) is 59.5 Å². The highest BCUT2D eigenvalue weighted by Crippen LogP contribution is 2.22. The van der Waals surface area contributed by atoms with Crippen molar-refractivity contribution >= 4 is 28.4 Å². The summed E-state index contributed by atoms with van der Waals surface area (Å²) >= 11 is 6.01. The predicted octanol–water partition coefficient (Wildman–Crippen LogP) is 3.15. The summed E-state index contributed by atoms with van der Waals surface area (Å²) in [7, 11) is 1.92. The van der Waals surface area contributed by atoms with Crippen LogP contribution in [0.3, 0.4) is 0 Å². The summed E-state index contributed by atoms with van der Waals surface area (Å²) in [6.45, 7) is 1.82. The highest BCUT2D eigenvalue weighted by molar-refractivity contribution is 6.30. The van der Waals surface area contributed by atoms with Gasteiger partial charge in [-0.25, -0.2) is 4.98 Å². The number of aromatic nitrogens is 2. The molecule has 0 bridgehead atoms. The minimum Gasteiger partial charge on any atom is -0.488 e. The minimum absolute atomic E-state index is 0.00131. The summed E-state index contributed by atoms with van der Waals surface area (Å²) in [5.74, 6) is 0.515. The van der Waals surface area contributed by atoms with E-state index in [2.05, 4.69) is 4.98 Å². The Hall–Kier alpha value is -2.57. The molecule has 7 heteroatoms. The van der Waals surface area contributed by atoms with Crippen LogP contribution in [0.25, 0.3) is 10.9 Å². The van der Waals surface area contributed by atoms with Crippen LogP contribution in [0.5, 0.6) is 5.75 Å². The fourth-order valence-corrected chi connectivity index (χ4v) is 3.50. The summed E-state index contributed by atoms with van der Waals surface area (Å²) in [6, 6.07) is 13.4. The average molecular weight is 386 g/mol. The SMILES string of the molecule is Cn1c(C(=O)N2CCOC(COc3cccnc3Cl)C2)cc2ccccc21. The molecule has 1 saturated heterocycles. The molecule has 1 unspecified atom stereocenters. The number of hydrogen-bond acceptors (Lipinski definition) is 4. The van der Waals surface area contributed by atoms with Crippen LogP contribution in [0.1, 0.15) is 10.5 Å². The van der Waals surface area contributed by atoms with Crippen LogP contribution in [-0.2, 0) is 11.8 Å². The fourth-order valence-electron chi connectivity index (χ4n) is 3.32. The van der Waals surface area contributed by atoms with Gasteiger partial charge < -0.3 is 18.9 Å². The monoisotopic (exact) mass is 385 g/mol. The number of hydrogen-bond donors (Lipinski definition) is 0. The molecule has 140 valence electrons. The molecule has 0 saturated carbocycles. The Morgan fingerprint density at radius 2 is 2.19 bits per heavy atom. The lowest BCUT2D eigenvalue weighted by Crippen LogP contribution is -2.48. The highest BCUT2D eigenvalue weighted by Gasteiger charge is 2.27. The van der Waals surface area contributed by atoms with Gasteiger partial charge in [0.1, 0.15) is 18.4 Å². The van der Waals surface area contributed by atoms with Crippen LogP contribution in [0.2, 0.25) is 5.15 Å². The summed E-state index contributed by atoms with van der Waals surface area (Å²) in [5.41, 5.74) is 1.72. The maximum absolute atomic E-state index is 13.0. The van der Waals surface area contributed by atoms with Gasteiger partial charge in [-0.05, 0) is 24.3 Å². The molecule has 0 spiro atoms. The molecular weight excluding hydrogens is 366 g/mol. The number of benzene rings is 1. The maximum atomic E-state index is 13.0. The number of pyridine rings is 1. The van der Waals surface area contributed by atoms with Crippen molar-refractivity contribution in [3.63, 3.8) is 0 Å². The van der Waals surface area contributed by atoms with Crippen molar-refractivity contribution in [2.45, 2.75) is 6.10 Å². The standard InChI is InChI=1S/C20H20ClN3O3/c1-23-16-6-3-2-5-14(16)11-17(23)20(25)24-9-10-26-15(12-24)13-27-18-7-4-8-22-19(18)21/h2-8,11,15H,9-10,12-13H2,1H3. The third kappa shape index (κ3) is 3.63. The molecule has 4 rings (SSSR count). The van der Waals surface area contributed by atoms with Gasteiger partial charge in [-0.3, -0.25) is 4.79 Å². The van der Waals surface area contributed by atoms with Crippen LogP contribution in [0.15, 0.2) is 48.7 Å². The van der Waals surface area contributed by atoms with E-state index in [4.69, 9.17) is 21.1 Å². The molecule has 1 aromatic carbocycles. The Morgan fingerprint density at radius 3 is 3.00 bits per heavy atom. The molecule has 1 aliphatic heterocycles. The zero-order valence-electron chi connectivity index (χ0n) is 15.0. The third-order valence-corrected chi connectivity index (χ3v) is 5.03. The molecule has 1 aliphatic rings. The van der Waals surface area contributed by atoms with Gasteiger partial charge in [-0.2, -0.15) is 0 Å². The third-order valence-electron chi connectivity index (χ3n) is 4.75. The lowest BCUT2D eigenvalue weighted by molar-refractivity contribution is -0.0403. The molecule has 0 aliphatic carbocycles. The Morgan fingerprint density at radius 1 is 1.33 bits per heavy atom. The summed E-state index contributed by atoms with van der Waals surface area (Å²) in [5, 5.41) is 1.37. The first-order chi connectivity index (χ1) is 13.1. The van der Waals surface area contributed by atoms with E-state index in [1.165, 1.54) is 0 Å². The number of aryl methyl sites for hydroxylation is 1. The van der Waals surface area contributed by atoms with Gasteiger partial charge >= 0.3 is 0 Å². The van der Waals surface area contributed by atoms with E-state index in [0.29, 0.717) is 42.9 Å². The molecule has 0 N–H and O–H groups in total. The number of carbonyl (C=O) groups is 1. The normalized spacial score (nSPS) is 17.3. The Bertz CT molecular complexity index is 972. The molecule has 3 aromatic rings. The van der Waals surface area contributed by atoms with Crippen molar-refractivity contribution in [2.24, 2.45) is 7.05 Å². The van der Waals surface area contributed by atoms with Crippen molar-refractivity contribution in [1.82, 2.24) is 14.5 Å². The van der Waals surface area contributed by atoms with Gasteiger partial charge in [-0.15, -0.1) is 0 Å². The maximum Gasteiger partial charge on any atom is 0.270 e. The van der Waals surface area contributed by atoms with Crippen molar-refractivity contribution in [2.75, 3.05) is 26.3 Å². The van der Waals surface area contributed by atoms with Gasteiger partial charge in [-0.1, -0.05) is 29.8 Å². The lowest BCUT2D eigenvalue weighted by Gasteiger charge is -2.33. The zero-order chi connectivity index (χ0) is 18.8. The van der Waals surface area contributed by atoms with Crippen molar-refractivity contribution in [3.8, 4) is 5.75 Å². The molecule has 2 aromatic heterocycles. The van der Waals surface area contributed by atoms with Crippen LogP contribution >= 0.6 is 11.6 Å². The summed E-state index contributed by atoms with van der Waals surface area (Å²) in [4.78, 5) is 18.8. The van der Waals surface area contributed by atoms with Crippen LogP contribution in [-0.4, -0.2) is 52.8 Å². The molecule has 27 heavy (non-hydrogen) atoms. The number of rotatable bonds is 4. The van der Waals surface area contributed by atoms with Gasteiger partial charge in [0, 0.05) is 30.7 Å². The molecule has 1 amide bonds. The number of carbonyl (C=O) groups excluding carboxylic acids is 1. The molecule has 0 radical (unpaired) electrons. The van der Waals surface area contributed by atoms with Gasteiger partial charge in [0.25, 0.3) is 5.91 Å². The van der Waals surface area contributed by atoms with Crippen LogP contribution < -0.4 is 4.74 Å². The number of fused-ring (bicyclic) bond motifs is 1. The second-order valence-corrected chi connectivity index (χ2v) is 6.85. The topological polar surface area (TPSA) is 56.6 Å². The Labute approximate surface area is 162 Å². The average Bonchev–Trinajstić information content (AvgIpc) is 3.04. The first kappa shape index (κ1) is 17.8. The smallest absolute Gasteiger partial charge is 0.270 e. The van der Waals surface area contributed by atoms with Crippen LogP contribution in [0, 0.1) is 0 Å². The van der Waals surface area contributed by atoms with E-state index in [9.17, 15) is 4.79 Å². The Balaban J connectivity index is 1.45. The molecule has 6 nitrogen and oxygen atoms in total. The lowest BCUT2D eigenvalue weighted by atomic mass is 10.2. The van der Waals surface area contributed by atoms with Crippen molar-refractivity contribution in [1.29, 1.82) is 0 Å². The second kappa shape index (κ2) is 7.58. The Kier molecular flexibility index (Phi) is 5.01. The number of halogens is 1. The zero-order valence-corrected chi connectivity index (χ0v) is 15.7. The van der Waals surface area contributed by atoms with E-state index >= 15 is 0 Å². The highest BCUT2D eigenvalue weighted by atomic mass is 35.5. The summed E-state index contributed by atoms with van der Waals surface area (Å²) in [6.07, 6.45) is 1.39.